The molecule has 1 aromatic rings. The molecule has 0 aromatic heterocycles. The Hall–Kier alpha value is -2.13. The second kappa shape index (κ2) is 6.37. The molecule has 5 heteroatoms. The molecule has 0 unspecified atom stereocenters. The van der Waals surface area contributed by atoms with Crippen LogP contribution in [0.2, 0.25) is 0 Å². The highest BCUT2D eigenvalue weighted by Crippen LogP contribution is 2.22. The number of methoxy groups -OCH3 is 1. The number of nitrogen functional groups attached to an aromatic ring is 1. The Balaban J connectivity index is 2.63. The summed E-state index contributed by atoms with van der Waals surface area (Å²) in [5, 5.41) is 3.44. The number of rotatable bonds is 5. The summed E-state index contributed by atoms with van der Waals surface area (Å²) < 4.78 is 5.11. The molecule has 16 heavy (non-hydrogen) atoms. The molecule has 0 spiro atoms. The topological polar surface area (TPSA) is 84.0 Å². The third-order valence-corrected chi connectivity index (χ3v) is 2.03. The Labute approximate surface area is 94.2 Å². The van der Waals surface area contributed by atoms with Crippen LogP contribution in [0.1, 0.15) is 12.0 Å². The van der Waals surface area contributed by atoms with Crippen LogP contribution in [0.5, 0.6) is 5.75 Å². The minimum absolute atomic E-state index is 0.471. The molecule has 0 aliphatic heterocycles. The molecule has 2 N–H and O–H groups in total. The molecule has 1 aromatic carbocycles. The molecule has 0 fully saturated rings. The first kappa shape index (κ1) is 11.9. The van der Waals surface area contributed by atoms with Gasteiger partial charge in [0.1, 0.15) is 5.75 Å². The van der Waals surface area contributed by atoms with Gasteiger partial charge in [-0.25, -0.2) is 0 Å². The number of hydrogen-bond acceptors (Lipinski definition) is 3. The van der Waals surface area contributed by atoms with Gasteiger partial charge in [-0.05, 0) is 29.6 Å². The van der Waals surface area contributed by atoms with Gasteiger partial charge in [0.25, 0.3) is 0 Å². The van der Waals surface area contributed by atoms with Gasteiger partial charge in [-0.1, -0.05) is 23.3 Å². The summed E-state index contributed by atoms with van der Waals surface area (Å²) in [6.45, 7) is 0.471. The van der Waals surface area contributed by atoms with Gasteiger partial charge >= 0.3 is 0 Å². The molecular weight excluding hydrogens is 204 g/mol. The first-order chi connectivity index (χ1) is 7.77. The third-order valence-electron chi connectivity index (χ3n) is 2.03. The number of anilines is 1. The fourth-order valence-corrected chi connectivity index (χ4v) is 1.23. The van der Waals surface area contributed by atoms with Gasteiger partial charge in [-0.15, -0.1) is 0 Å². The van der Waals surface area contributed by atoms with Crippen molar-refractivity contribution in [3.05, 3.63) is 40.3 Å². The van der Waals surface area contributed by atoms with Crippen LogP contribution in [-0.4, -0.2) is 13.7 Å². The predicted octanol–water partition coefficient (Wildman–Crippen LogP) is 2.99. The van der Waals surface area contributed by atoms with E-state index >= 15 is 0 Å². The number of nitrogens with two attached hydrogens (primary N) is 1. The SMILES string of the molecule is COc1cc(C=CCCN=[N+]=[N-])ccc1N. The van der Waals surface area contributed by atoms with Crippen LogP contribution < -0.4 is 10.5 Å². The molecule has 0 atom stereocenters. The normalized spacial score (nSPS) is 10.1. The van der Waals surface area contributed by atoms with E-state index in [2.05, 4.69) is 10.0 Å². The van der Waals surface area contributed by atoms with Crippen molar-refractivity contribution in [2.24, 2.45) is 5.11 Å². The number of ether oxygens (including phenoxy) is 1. The van der Waals surface area contributed by atoms with Crippen molar-refractivity contribution in [1.29, 1.82) is 0 Å². The molecule has 0 aliphatic carbocycles. The number of azide groups is 1. The summed E-state index contributed by atoms with van der Waals surface area (Å²) >= 11 is 0. The Morgan fingerprint density at radius 2 is 2.38 bits per heavy atom. The Morgan fingerprint density at radius 1 is 1.56 bits per heavy atom. The second-order valence-electron chi connectivity index (χ2n) is 3.15. The first-order valence-corrected chi connectivity index (χ1v) is 4.89. The molecular formula is C11H14N4O. The van der Waals surface area contributed by atoms with Crippen LogP contribution >= 0.6 is 0 Å². The van der Waals surface area contributed by atoms with Crippen LogP contribution in [0.15, 0.2) is 29.4 Å². The lowest BCUT2D eigenvalue weighted by Crippen LogP contribution is -1.92. The van der Waals surface area contributed by atoms with Gasteiger partial charge in [0.2, 0.25) is 0 Å². The highest BCUT2D eigenvalue weighted by atomic mass is 16.5. The summed E-state index contributed by atoms with van der Waals surface area (Å²) in [6, 6.07) is 5.56. The smallest absolute Gasteiger partial charge is 0.142 e. The highest BCUT2D eigenvalue weighted by Gasteiger charge is 1.97. The average molecular weight is 218 g/mol. The molecule has 0 radical (unpaired) electrons. The first-order valence-electron chi connectivity index (χ1n) is 4.89. The standard InChI is InChI=1S/C11H14N4O/c1-16-11-8-9(5-6-10(11)12)4-2-3-7-14-15-13/h2,4-6,8H,3,7,12H2,1H3. The molecule has 1 rings (SSSR count). The van der Waals surface area contributed by atoms with Crippen molar-refractivity contribution in [1.82, 2.24) is 0 Å². The molecule has 84 valence electrons. The van der Waals surface area contributed by atoms with Crippen molar-refractivity contribution < 1.29 is 4.74 Å². The minimum Gasteiger partial charge on any atom is -0.495 e. The van der Waals surface area contributed by atoms with Crippen LogP contribution in [-0.2, 0) is 0 Å². The molecule has 0 heterocycles. The van der Waals surface area contributed by atoms with Crippen molar-refractivity contribution in [3.63, 3.8) is 0 Å². The van der Waals surface area contributed by atoms with Crippen molar-refractivity contribution in [3.8, 4) is 5.75 Å². The molecule has 0 saturated heterocycles. The van der Waals surface area contributed by atoms with E-state index in [9.17, 15) is 0 Å². The number of benzene rings is 1. The molecule has 0 amide bonds. The summed E-state index contributed by atoms with van der Waals surface area (Å²) in [5.74, 6) is 0.664. The predicted molar refractivity (Wildman–Crippen MR) is 65.1 cm³/mol. The van der Waals surface area contributed by atoms with E-state index in [1.54, 1.807) is 13.2 Å². The lowest BCUT2D eigenvalue weighted by molar-refractivity contribution is 0.417. The maximum Gasteiger partial charge on any atom is 0.142 e. The monoisotopic (exact) mass is 218 g/mol. The lowest BCUT2D eigenvalue weighted by Gasteiger charge is -2.04. The van der Waals surface area contributed by atoms with Gasteiger partial charge in [0.15, 0.2) is 0 Å². The number of hydrogen-bond donors (Lipinski definition) is 1. The van der Waals surface area contributed by atoms with Gasteiger partial charge < -0.3 is 10.5 Å². The van der Waals surface area contributed by atoms with Crippen molar-refractivity contribution >= 4 is 11.8 Å². The zero-order valence-electron chi connectivity index (χ0n) is 9.13. The van der Waals surface area contributed by atoms with Crippen molar-refractivity contribution in [2.75, 3.05) is 19.4 Å². The molecule has 0 aliphatic rings. The van der Waals surface area contributed by atoms with Gasteiger partial charge in [0, 0.05) is 11.5 Å². The second-order valence-corrected chi connectivity index (χ2v) is 3.15. The Morgan fingerprint density at radius 3 is 3.06 bits per heavy atom. The fraction of sp³-hybridized carbons (Fsp3) is 0.273. The molecule has 0 bridgehead atoms. The van der Waals surface area contributed by atoms with E-state index in [1.165, 1.54) is 0 Å². The van der Waals surface area contributed by atoms with E-state index in [0.29, 0.717) is 18.0 Å². The van der Waals surface area contributed by atoms with Crippen LogP contribution in [0.3, 0.4) is 0 Å². The lowest BCUT2D eigenvalue weighted by atomic mass is 10.1. The maximum absolute atomic E-state index is 8.09. The van der Waals surface area contributed by atoms with Crippen LogP contribution in [0, 0.1) is 0 Å². The quantitative estimate of drug-likeness (QED) is 0.271. The van der Waals surface area contributed by atoms with Crippen LogP contribution in [0.4, 0.5) is 5.69 Å². The summed E-state index contributed by atoms with van der Waals surface area (Å²) in [7, 11) is 1.58. The molecule has 0 saturated carbocycles. The largest absolute Gasteiger partial charge is 0.495 e. The third kappa shape index (κ3) is 3.55. The van der Waals surface area contributed by atoms with Gasteiger partial charge in [0.05, 0.1) is 12.8 Å². The van der Waals surface area contributed by atoms with Gasteiger partial charge in [-0.3, -0.25) is 0 Å². The minimum atomic E-state index is 0.471. The summed E-state index contributed by atoms with van der Waals surface area (Å²) in [6.07, 6.45) is 4.60. The van der Waals surface area contributed by atoms with Gasteiger partial charge in [-0.2, -0.15) is 0 Å². The van der Waals surface area contributed by atoms with Crippen molar-refractivity contribution in [2.45, 2.75) is 6.42 Å². The molecule has 5 nitrogen and oxygen atoms in total. The summed E-state index contributed by atoms with van der Waals surface area (Å²) in [5.41, 5.74) is 15.4. The number of nitrogens with zero attached hydrogens (tertiary/aromatic N) is 3. The Bertz CT molecular complexity index is 422. The zero-order chi connectivity index (χ0) is 11.8. The van der Waals surface area contributed by atoms with E-state index < -0.39 is 0 Å². The Kier molecular flexibility index (Phi) is 4.76. The fourth-order valence-electron chi connectivity index (χ4n) is 1.23. The van der Waals surface area contributed by atoms with Crippen LogP contribution in [0.25, 0.3) is 16.5 Å². The summed E-state index contributed by atoms with van der Waals surface area (Å²) in [4.78, 5) is 2.67. The maximum atomic E-state index is 8.09. The van der Waals surface area contributed by atoms with E-state index in [-0.39, 0.29) is 0 Å². The van der Waals surface area contributed by atoms with E-state index in [0.717, 1.165) is 12.0 Å². The zero-order valence-corrected chi connectivity index (χ0v) is 9.13. The van der Waals surface area contributed by atoms with E-state index in [1.807, 2.05) is 24.3 Å². The highest BCUT2D eigenvalue weighted by molar-refractivity contribution is 5.61. The van der Waals surface area contributed by atoms with E-state index in [4.69, 9.17) is 16.0 Å². The average Bonchev–Trinajstić information content (AvgIpc) is 2.31.